The van der Waals surface area contributed by atoms with Gasteiger partial charge in [-0.05, 0) is 38.3 Å². The fraction of sp³-hybridized carbons (Fsp3) is 0.400. The molecule has 0 radical (unpaired) electrons. The minimum Gasteiger partial charge on any atom is -0.366 e. The number of aromatic nitrogens is 5. The number of H-pyrrole nitrogens is 1. The van der Waals surface area contributed by atoms with Crippen molar-refractivity contribution in [3.05, 3.63) is 34.1 Å². The van der Waals surface area contributed by atoms with Gasteiger partial charge in [0, 0.05) is 24.7 Å². The standard InChI is InChI=1S/C15H17N7O2/c1-10-17-18-15-16-14(19-21(10)15)11-5-6-12(13(9-11)22(23)24)20-7-3-2-4-8-20/h5-6,9H,2-4,7-8H2,1H3,(H,16,18,19). The van der Waals surface area contributed by atoms with E-state index in [0.29, 0.717) is 28.7 Å². The molecule has 1 aliphatic heterocycles. The number of aryl methyl sites for hydroxylation is 1. The van der Waals surface area contributed by atoms with Crippen LogP contribution in [0.3, 0.4) is 0 Å². The molecule has 3 aromatic rings. The van der Waals surface area contributed by atoms with E-state index in [1.165, 1.54) is 6.42 Å². The number of rotatable bonds is 3. The van der Waals surface area contributed by atoms with E-state index in [4.69, 9.17) is 0 Å². The van der Waals surface area contributed by atoms with Crippen LogP contribution >= 0.6 is 0 Å². The number of nitrogens with one attached hydrogen (secondary N) is 1. The predicted octanol–water partition coefficient (Wildman–Crippen LogP) is 2.33. The van der Waals surface area contributed by atoms with E-state index in [9.17, 15) is 10.1 Å². The first-order chi connectivity index (χ1) is 11.6. The highest BCUT2D eigenvalue weighted by Gasteiger charge is 2.22. The van der Waals surface area contributed by atoms with Crippen LogP contribution in [0.25, 0.3) is 17.2 Å². The van der Waals surface area contributed by atoms with Crippen LogP contribution in [0, 0.1) is 17.0 Å². The molecule has 1 fully saturated rings. The molecule has 0 saturated carbocycles. The SMILES string of the molecule is Cc1nnc2nc(-c3ccc(N4CCCCC4)c([N+](=O)[O-])c3)[nH]n12. The van der Waals surface area contributed by atoms with Crippen LogP contribution in [-0.4, -0.2) is 42.8 Å². The number of piperidine rings is 1. The molecule has 24 heavy (non-hydrogen) atoms. The summed E-state index contributed by atoms with van der Waals surface area (Å²) < 4.78 is 1.65. The van der Waals surface area contributed by atoms with Gasteiger partial charge in [0.05, 0.1) is 4.92 Å². The molecule has 0 unspecified atom stereocenters. The second-order valence-corrected chi connectivity index (χ2v) is 5.96. The van der Waals surface area contributed by atoms with E-state index in [0.717, 1.165) is 25.9 Å². The molecule has 9 heteroatoms. The zero-order chi connectivity index (χ0) is 16.7. The number of hydrogen-bond donors (Lipinski definition) is 1. The Hall–Kier alpha value is -2.97. The Kier molecular flexibility index (Phi) is 3.40. The van der Waals surface area contributed by atoms with E-state index in [-0.39, 0.29) is 10.6 Å². The lowest BCUT2D eigenvalue weighted by Crippen LogP contribution is -2.29. The maximum atomic E-state index is 11.5. The lowest BCUT2D eigenvalue weighted by atomic mass is 10.1. The normalized spacial score (nSPS) is 15.1. The molecule has 1 N–H and O–H groups in total. The number of nitro groups is 1. The summed E-state index contributed by atoms with van der Waals surface area (Å²) in [5.41, 5.74) is 1.45. The highest BCUT2D eigenvalue weighted by Crippen LogP contribution is 2.33. The average molecular weight is 327 g/mol. The van der Waals surface area contributed by atoms with Gasteiger partial charge in [-0.2, -0.15) is 4.98 Å². The van der Waals surface area contributed by atoms with E-state index >= 15 is 0 Å². The van der Waals surface area contributed by atoms with Crippen molar-refractivity contribution in [1.29, 1.82) is 0 Å². The molecule has 1 aliphatic rings. The monoisotopic (exact) mass is 327 g/mol. The van der Waals surface area contributed by atoms with Crippen LogP contribution in [0.1, 0.15) is 25.1 Å². The van der Waals surface area contributed by atoms with Crippen LogP contribution in [-0.2, 0) is 0 Å². The largest absolute Gasteiger partial charge is 0.366 e. The van der Waals surface area contributed by atoms with Gasteiger partial charge in [-0.25, -0.2) is 4.52 Å². The summed E-state index contributed by atoms with van der Waals surface area (Å²) in [5, 5.41) is 22.5. The first-order valence-corrected chi connectivity index (χ1v) is 7.95. The van der Waals surface area contributed by atoms with Gasteiger partial charge in [0.25, 0.3) is 11.5 Å². The Morgan fingerprint density at radius 2 is 2.00 bits per heavy atom. The van der Waals surface area contributed by atoms with Crippen molar-refractivity contribution in [2.24, 2.45) is 0 Å². The van der Waals surface area contributed by atoms with Gasteiger partial charge in [-0.3, -0.25) is 15.2 Å². The van der Waals surface area contributed by atoms with Crippen LogP contribution in [0.4, 0.5) is 11.4 Å². The van der Waals surface area contributed by atoms with E-state index in [1.807, 2.05) is 19.1 Å². The first-order valence-electron chi connectivity index (χ1n) is 7.95. The third-order valence-corrected chi connectivity index (χ3v) is 4.38. The van der Waals surface area contributed by atoms with Crippen LogP contribution in [0.5, 0.6) is 0 Å². The van der Waals surface area contributed by atoms with Gasteiger partial charge >= 0.3 is 0 Å². The first kappa shape index (κ1) is 14.6. The summed E-state index contributed by atoms with van der Waals surface area (Å²) in [6.07, 6.45) is 3.32. The minimum absolute atomic E-state index is 0.110. The lowest BCUT2D eigenvalue weighted by Gasteiger charge is -2.28. The number of aromatic amines is 1. The topological polar surface area (TPSA) is 105 Å². The third-order valence-electron chi connectivity index (χ3n) is 4.38. The molecule has 0 amide bonds. The van der Waals surface area contributed by atoms with Crippen molar-refractivity contribution in [2.75, 3.05) is 18.0 Å². The van der Waals surface area contributed by atoms with Gasteiger partial charge in [-0.1, -0.05) is 0 Å². The molecule has 0 bridgehead atoms. The molecule has 1 aromatic carbocycles. The maximum Gasteiger partial charge on any atom is 0.293 e. The second kappa shape index (κ2) is 5.59. The number of benzene rings is 1. The smallest absolute Gasteiger partial charge is 0.293 e. The minimum atomic E-state index is -0.325. The molecule has 124 valence electrons. The van der Waals surface area contributed by atoms with Crippen molar-refractivity contribution < 1.29 is 4.92 Å². The molecule has 0 aliphatic carbocycles. The fourth-order valence-electron chi connectivity index (χ4n) is 3.13. The van der Waals surface area contributed by atoms with Crippen molar-refractivity contribution in [1.82, 2.24) is 24.8 Å². The zero-order valence-electron chi connectivity index (χ0n) is 13.3. The Balaban J connectivity index is 1.76. The van der Waals surface area contributed by atoms with Crippen molar-refractivity contribution >= 4 is 17.2 Å². The molecule has 0 spiro atoms. The molecule has 4 rings (SSSR count). The number of nitro benzene ring substituents is 1. The van der Waals surface area contributed by atoms with Gasteiger partial charge < -0.3 is 4.90 Å². The van der Waals surface area contributed by atoms with Gasteiger partial charge in [0.1, 0.15) is 5.69 Å². The summed E-state index contributed by atoms with van der Waals surface area (Å²) in [5.74, 6) is 1.67. The van der Waals surface area contributed by atoms with Crippen LogP contribution in [0.15, 0.2) is 18.2 Å². The average Bonchev–Trinajstić information content (AvgIpc) is 3.17. The van der Waals surface area contributed by atoms with Crippen molar-refractivity contribution in [2.45, 2.75) is 26.2 Å². The van der Waals surface area contributed by atoms with Gasteiger partial charge in [0.15, 0.2) is 11.6 Å². The highest BCUT2D eigenvalue weighted by molar-refractivity contribution is 5.71. The van der Waals surface area contributed by atoms with Crippen molar-refractivity contribution in [3.8, 4) is 11.4 Å². The molecule has 9 nitrogen and oxygen atoms in total. The molecule has 1 saturated heterocycles. The van der Waals surface area contributed by atoms with E-state index in [2.05, 4.69) is 25.2 Å². The summed E-state index contributed by atoms with van der Waals surface area (Å²) >= 11 is 0. The highest BCUT2D eigenvalue weighted by atomic mass is 16.6. The molecule has 3 heterocycles. The number of nitrogens with zero attached hydrogens (tertiary/aromatic N) is 6. The summed E-state index contributed by atoms with van der Waals surface area (Å²) in [6.45, 7) is 3.53. The van der Waals surface area contributed by atoms with E-state index in [1.54, 1.807) is 10.6 Å². The summed E-state index contributed by atoms with van der Waals surface area (Å²) in [7, 11) is 0. The Labute approximate surface area is 137 Å². The third kappa shape index (κ3) is 2.38. The molecule has 0 atom stereocenters. The van der Waals surface area contributed by atoms with Crippen molar-refractivity contribution in [3.63, 3.8) is 0 Å². The predicted molar refractivity (Wildman–Crippen MR) is 88.0 cm³/mol. The number of anilines is 1. The van der Waals surface area contributed by atoms with Crippen LogP contribution < -0.4 is 4.90 Å². The number of fused-ring (bicyclic) bond motifs is 1. The molecular weight excluding hydrogens is 310 g/mol. The van der Waals surface area contributed by atoms with E-state index < -0.39 is 0 Å². The number of hydrogen-bond acceptors (Lipinski definition) is 6. The maximum absolute atomic E-state index is 11.5. The molecule has 2 aromatic heterocycles. The summed E-state index contributed by atoms with van der Waals surface area (Å²) in [4.78, 5) is 17.7. The Morgan fingerprint density at radius 3 is 2.71 bits per heavy atom. The van der Waals surface area contributed by atoms with Gasteiger partial charge in [-0.15, -0.1) is 10.2 Å². The Bertz CT molecular complexity index is 908. The lowest BCUT2D eigenvalue weighted by molar-refractivity contribution is -0.384. The molecular formula is C15H17N7O2. The quantitative estimate of drug-likeness (QED) is 0.584. The second-order valence-electron chi connectivity index (χ2n) is 5.96. The van der Waals surface area contributed by atoms with Crippen LogP contribution in [0.2, 0.25) is 0 Å². The Morgan fingerprint density at radius 1 is 1.21 bits per heavy atom. The summed E-state index contributed by atoms with van der Waals surface area (Å²) in [6, 6.07) is 5.25. The zero-order valence-corrected chi connectivity index (χ0v) is 13.3. The fourth-order valence-corrected chi connectivity index (χ4v) is 3.13. The van der Waals surface area contributed by atoms with Gasteiger partial charge in [0.2, 0.25) is 0 Å².